The Labute approximate surface area is 126 Å². The molecule has 0 saturated heterocycles. The van der Waals surface area contributed by atoms with Gasteiger partial charge in [-0.15, -0.1) is 0 Å². The molecule has 21 heavy (non-hydrogen) atoms. The van der Waals surface area contributed by atoms with Crippen LogP contribution in [0.1, 0.15) is 30.6 Å². The van der Waals surface area contributed by atoms with E-state index in [9.17, 15) is 10.2 Å². The SMILES string of the molecule is CCCN(Cc1ccccc1O)CC(O)c1ccccc1. The lowest BCUT2D eigenvalue weighted by Gasteiger charge is -2.25. The third-order valence-electron chi connectivity index (χ3n) is 3.54. The van der Waals surface area contributed by atoms with Crippen molar-refractivity contribution in [2.75, 3.05) is 13.1 Å². The number of hydrogen-bond acceptors (Lipinski definition) is 3. The van der Waals surface area contributed by atoms with Crippen LogP contribution in [0, 0.1) is 0 Å². The third-order valence-corrected chi connectivity index (χ3v) is 3.54. The van der Waals surface area contributed by atoms with Gasteiger partial charge in [0.15, 0.2) is 0 Å². The molecular formula is C18H23NO2. The first kappa shape index (κ1) is 15.5. The van der Waals surface area contributed by atoms with Crippen LogP contribution in [0.5, 0.6) is 5.75 Å². The van der Waals surface area contributed by atoms with E-state index in [1.165, 1.54) is 0 Å². The highest BCUT2D eigenvalue weighted by molar-refractivity contribution is 5.31. The Morgan fingerprint density at radius 2 is 1.67 bits per heavy atom. The highest BCUT2D eigenvalue weighted by Crippen LogP contribution is 2.20. The lowest BCUT2D eigenvalue weighted by atomic mass is 10.1. The fourth-order valence-corrected chi connectivity index (χ4v) is 2.46. The molecular weight excluding hydrogens is 262 g/mol. The van der Waals surface area contributed by atoms with E-state index < -0.39 is 6.10 Å². The molecule has 0 aliphatic rings. The van der Waals surface area contributed by atoms with Gasteiger partial charge in [0.2, 0.25) is 0 Å². The summed E-state index contributed by atoms with van der Waals surface area (Å²) >= 11 is 0. The minimum Gasteiger partial charge on any atom is -0.508 e. The highest BCUT2D eigenvalue weighted by atomic mass is 16.3. The molecule has 0 heterocycles. The van der Waals surface area contributed by atoms with Gasteiger partial charge in [-0.1, -0.05) is 55.5 Å². The number of nitrogens with zero attached hydrogens (tertiary/aromatic N) is 1. The van der Waals surface area contributed by atoms with Gasteiger partial charge in [0.05, 0.1) is 6.10 Å². The number of aromatic hydroxyl groups is 1. The van der Waals surface area contributed by atoms with E-state index in [2.05, 4.69) is 11.8 Å². The van der Waals surface area contributed by atoms with Gasteiger partial charge < -0.3 is 10.2 Å². The van der Waals surface area contributed by atoms with E-state index in [1.807, 2.05) is 48.5 Å². The van der Waals surface area contributed by atoms with Crippen molar-refractivity contribution in [2.24, 2.45) is 0 Å². The molecule has 0 aromatic heterocycles. The summed E-state index contributed by atoms with van der Waals surface area (Å²) in [7, 11) is 0. The van der Waals surface area contributed by atoms with Crippen molar-refractivity contribution in [1.82, 2.24) is 4.90 Å². The molecule has 0 aliphatic carbocycles. The molecule has 0 aliphatic heterocycles. The van der Waals surface area contributed by atoms with Gasteiger partial charge in [0, 0.05) is 18.7 Å². The summed E-state index contributed by atoms with van der Waals surface area (Å²) in [4.78, 5) is 2.17. The molecule has 0 saturated carbocycles. The van der Waals surface area contributed by atoms with Gasteiger partial charge in [0.25, 0.3) is 0 Å². The summed E-state index contributed by atoms with van der Waals surface area (Å²) in [6.07, 6.45) is 0.498. The minimum atomic E-state index is -0.511. The topological polar surface area (TPSA) is 43.7 Å². The normalized spacial score (nSPS) is 12.5. The van der Waals surface area contributed by atoms with Gasteiger partial charge in [-0.05, 0) is 24.6 Å². The number of hydrogen-bond donors (Lipinski definition) is 2. The summed E-state index contributed by atoms with van der Waals surface area (Å²) in [5.41, 5.74) is 1.82. The number of aliphatic hydroxyl groups is 1. The van der Waals surface area contributed by atoms with Crippen LogP contribution in [0.25, 0.3) is 0 Å². The largest absolute Gasteiger partial charge is 0.508 e. The number of phenolic OH excluding ortho intramolecular Hbond substituents is 1. The molecule has 2 N–H and O–H groups in total. The van der Waals surface area contributed by atoms with Crippen molar-refractivity contribution in [2.45, 2.75) is 26.0 Å². The predicted octanol–water partition coefficient (Wildman–Crippen LogP) is 3.34. The minimum absolute atomic E-state index is 0.313. The zero-order valence-corrected chi connectivity index (χ0v) is 12.4. The van der Waals surface area contributed by atoms with Gasteiger partial charge >= 0.3 is 0 Å². The van der Waals surface area contributed by atoms with Crippen molar-refractivity contribution in [3.8, 4) is 5.75 Å². The maximum Gasteiger partial charge on any atom is 0.120 e. The summed E-state index contributed by atoms with van der Waals surface area (Å²) in [5, 5.41) is 20.3. The lowest BCUT2D eigenvalue weighted by molar-refractivity contribution is 0.108. The Bertz CT molecular complexity index is 542. The van der Waals surface area contributed by atoms with E-state index in [-0.39, 0.29) is 0 Å². The van der Waals surface area contributed by atoms with E-state index >= 15 is 0 Å². The molecule has 1 unspecified atom stereocenters. The smallest absolute Gasteiger partial charge is 0.120 e. The second-order valence-corrected chi connectivity index (χ2v) is 5.29. The Kier molecular flexibility index (Phi) is 5.78. The lowest BCUT2D eigenvalue weighted by Crippen LogP contribution is -2.29. The van der Waals surface area contributed by atoms with Crippen molar-refractivity contribution in [3.05, 3.63) is 65.7 Å². The summed E-state index contributed by atoms with van der Waals surface area (Å²) in [5.74, 6) is 0.313. The van der Waals surface area contributed by atoms with E-state index in [4.69, 9.17) is 0 Å². The second kappa shape index (κ2) is 7.81. The van der Waals surface area contributed by atoms with Gasteiger partial charge in [0.1, 0.15) is 5.75 Å². The number of benzene rings is 2. The van der Waals surface area contributed by atoms with Crippen LogP contribution in [-0.2, 0) is 6.54 Å². The van der Waals surface area contributed by atoms with Crippen LogP contribution < -0.4 is 0 Å². The maximum atomic E-state index is 10.4. The van der Waals surface area contributed by atoms with Gasteiger partial charge in [-0.3, -0.25) is 4.90 Å². The average molecular weight is 285 g/mol. The quantitative estimate of drug-likeness (QED) is 0.820. The molecule has 1 atom stereocenters. The fraction of sp³-hybridized carbons (Fsp3) is 0.333. The van der Waals surface area contributed by atoms with Crippen molar-refractivity contribution in [3.63, 3.8) is 0 Å². The summed E-state index contributed by atoms with van der Waals surface area (Å²) in [6.45, 7) is 4.21. The molecule has 2 rings (SSSR count). The number of phenols is 1. The van der Waals surface area contributed by atoms with Crippen LogP contribution in [-0.4, -0.2) is 28.2 Å². The van der Waals surface area contributed by atoms with Crippen molar-refractivity contribution in [1.29, 1.82) is 0 Å². The molecule has 2 aromatic carbocycles. The number of aliphatic hydroxyl groups excluding tert-OH is 1. The molecule has 112 valence electrons. The molecule has 3 heteroatoms. The molecule has 0 bridgehead atoms. The summed E-state index contributed by atoms with van der Waals surface area (Å²) < 4.78 is 0. The zero-order valence-electron chi connectivity index (χ0n) is 12.4. The van der Waals surface area contributed by atoms with Gasteiger partial charge in [-0.25, -0.2) is 0 Å². The third kappa shape index (κ3) is 4.59. The Hall–Kier alpha value is -1.84. The molecule has 0 fully saturated rings. The van der Waals surface area contributed by atoms with E-state index in [0.717, 1.165) is 24.1 Å². The molecule has 0 amide bonds. The van der Waals surface area contributed by atoms with Crippen LogP contribution in [0.4, 0.5) is 0 Å². The van der Waals surface area contributed by atoms with Crippen LogP contribution in [0.3, 0.4) is 0 Å². The van der Waals surface area contributed by atoms with E-state index in [1.54, 1.807) is 6.07 Å². The maximum absolute atomic E-state index is 10.4. The molecule has 0 radical (unpaired) electrons. The van der Waals surface area contributed by atoms with Crippen molar-refractivity contribution < 1.29 is 10.2 Å². The number of para-hydroxylation sites is 1. The van der Waals surface area contributed by atoms with Crippen LogP contribution >= 0.6 is 0 Å². The van der Waals surface area contributed by atoms with Crippen LogP contribution in [0.2, 0.25) is 0 Å². The Morgan fingerprint density at radius 1 is 1.00 bits per heavy atom. The zero-order chi connectivity index (χ0) is 15.1. The van der Waals surface area contributed by atoms with E-state index in [0.29, 0.717) is 18.8 Å². The van der Waals surface area contributed by atoms with Gasteiger partial charge in [-0.2, -0.15) is 0 Å². The first-order valence-electron chi connectivity index (χ1n) is 7.43. The summed E-state index contributed by atoms with van der Waals surface area (Å²) in [6, 6.07) is 17.1. The highest BCUT2D eigenvalue weighted by Gasteiger charge is 2.14. The monoisotopic (exact) mass is 285 g/mol. The first-order chi connectivity index (χ1) is 10.2. The fourth-order valence-electron chi connectivity index (χ4n) is 2.46. The van der Waals surface area contributed by atoms with Crippen LogP contribution in [0.15, 0.2) is 54.6 Å². The predicted molar refractivity (Wildman–Crippen MR) is 85.1 cm³/mol. The average Bonchev–Trinajstić information content (AvgIpc) is 2.50. The second-order valence-electron chi connectivity index (χ2n) is 5.29. The number of rotatable bonds is 7. The molecule has 2 aromatic rings. The Morgan fingerprint density at radius 3 is 2.33 bits per heavy atom. The first-order valence-corrected chi connectivity index (χ1v) is 7.43. The molecule has 0 spiro atoms. The standard InChI is InChI=1S/C18H23NO2/c1-2-12-19(13-16-10-6-7-11-17(16)20)14-18(21)15-8-4-3-5-9-15/h3-11,18,20-21H,2,12-14H2,1H3. The van der Waals surface area contributed by atoms with Crippen molar-refractivity contribution >= 4 is 0 Å². The Balaban J connectivity index is 2.04. The molecule has 3 nitrogen and oxygen atoms in total.